The van der Waals surface area contributed by atoms with Crippen molar-refractivity contribution in [2.24, 2.45) is 23.2 Å². The first-order valence-corrected chi connectivity index (χ1v) is 18.0. The van der Waals surface area contributed by atoms with E-state index in [1.54, 1.807) is 0 Å². The Bertz CT molecular complexity index is 1350. The van der Waals surface area contributed by atoms with Gasteiger partial charge in [-0.15, -0.1) is 0 Å². The summed E-state index contributed by atoms with van der Waals surface area (Å²) in [7, 11) is 0. The lowest BCUT2D eigenvalue weighted by molar-refractivity contribution is -0.145. The second kappa shape index (κ2) is 16.7. The van der Waals surface area contributed by atoms with Crippen LogP contribution in [0.2, 0.25) is 0 Å². The lowest BCUT2D eigenvalue weighted by atomic mass is 9.82. The summed E-state index contributed by atoms with van der Waals surface area (Å²) in [5.74, 6) is -3.20. The van der Waals surface area contributed by atoms with Crippen molar-refractivity contribution >= 4 is 35.3 Å². The van der Waals surface area contributed by atoms with Gasteiger partial charge in [-0.05, 0) is 61.7 Å². The predicted octanol–water partition coefficient (Wildman–Crippen LogP) is 2.69. The highest BCUT2D eigenvalue weighted by atomic mass is 16.2. The Hall–Kier alpha value is -3.90. The van der Waals surface area contributed by atoms with Gasteiger partial charge in [0, 0.05) is 25.0 Å². The summed E-state index contributed by atoms with van der Waals surface area (Å²) in [6.45, 7) is 11.8. The minimum Gasteiger partial charge on any atom is -0.347 e. The lowest BCUT2D eigenvalue weighted by Gasteiger charge is -2.37. The summed E-state index contributed by atoms with van der Waals surface area (Å²) in [5, 5.41) is 11.4. The standard InChI is InChI=1S/C36H55N7O6/c1-7-11-25(29(44)34(48)39-24-14-15-24)40-32(46)27-18-23(21(2)3)20-43(27)35(49)30(36(4,5)6)42-33(47)28(22-12-9-8-10-13-22)41-31(45)26-19-37-16-17-38-26/h16-17,19,21-25,27-28,30H,7-15,18,20H2,1-6H3,(H,39,48)(H,40,46)(H,41,45)(H,42,47)/t23-,25+,27+,28+,30-/m1/s1. The van der Waals surface area contributed by atoms with Gasteiger partial charge in [0.25, 0.3) is 11.8 Å². The van der Waals surface area contributed by atoms with Crippen molar-refractivity contribution in [2.75, 3.05) is 6.54 Å². The van der Waals surface area contributed by atoms with Crippen LogP contribution in [0, 0.1) is 23.2 Å². The fraction of sp³-hybridized carbons (Fsp3) is 0.722. The minimum absolute atomic E-state index is 0.00626. The van der Waals surface area contributed by atoms with Gasteiger partial charge < -0.3 is 26.2 Å². The zero-order chi connectivity index (χ0) is 35.9. The molecule has 0 radical (unpaired) electrons. The Morgan fingerprint density at radius 2 is 1.61 bits per heavy atom. The van der Waals surface area contributed by atoms with E-state index >= 15 is 0 Å². The molecule has 3 aliphatic rings. The molecular weight excluding hydrogens is 626 g/mol. The highest BCUT2D eigenvalue weighted by Gasteiger charge is 2.47. The van der Waals surface area contributed by atoms with Gasteiger partial charge in [-0.3, -0.25) is 33.8 Å². The molecule has 13 heteroatoms. The number of hydrogen-bond donors (Lipinski definition) is 4. The summed E-state index contributed by atoms with van der Waals surface area (Å²) in [5.41, 5.74) is -0.660. The van der Waals surface area contributed by atoms with E-state index < -0.39 is 64.9 Å². The van der Waals surface area contributed by atoms with Crippen molar-refractivity contribution in [1.29, 1.82) is 0 Å². The lowest BCUT2D eigenvalue weighted by Crippen LogP contribution is -2.62. The van der Waals surface area contributed by atoms with Crippen LogP contribution in [0.4, 0.5) is 0 Å². The molecule has 4 N–H and O–H groups in total. The Balaban J connectivity index is 1.55. The maximum Gasteiger partial charge on any atom is 0.289 e. The summed E-state index contributed by atoms with van der Waals surface area (Å²) in [4.78, 5) is 91.0. The number of nitrogens with zero attached hydrogens (tertiary/aromatic N) is 3. The van der Waals surface area contributed by atoms with E-state index in [9.17, 15) is 28.8 Å². The molecule has 2 saturated carbocycles. The smallest absolute Gasteiger partial charge is 0.289 e. The van der Waals surface area contributed by atoms with Gasteiger partial charge in [0.2, 0.25) is 23.5 Å². The molecular formula is C36H55N7O6. The third-order valence-electron chi connectivity index (χ3n) is 10.1. The van der Waals surface area contributed by atoms with Crippen LogP contribution in [0.25, 0.3) is 0 Å². The number of hydrogen-bond acceptors (Lipinski definition) is 8. The Labute approximate surface area is 289 Å². The first-order chi connectivity index (χ1) is 23.2. The number of ketones is 1. The second-order valence-corrected chi connectivity index (χ2v) is 15.5. The van der Waals surface area contributed by atoms with Gasteiger partial charge in [-0.25, -0.2) is 4.98 Å². The number of carbonyl (C=O) groups excluding carboxylic acids is 6. The monoisotopic (exact) mass is 681 g/mol. The van der Waals surface area contributed by atoms with Crippen LogP contribution in [-0.4, -0.2) is 86.9 Å². The molecule has 270 valence electrons. The molecule has 1 aliphatic heterocycles. The summed E-state index contributed by atoms with van der Waals surface area (Å²) >= 11 is 0. The van der Waals surface area contributed by atoms with Gasteiger partial charge in [0.1, 0.15) is 23.8 Å². The average Bonchev–Trinajstić information content (AvgIpc) is 3.77. The number of nitrogens with one attached hydrogen (secondary N) is 4. The SMILES string of the molecule is CCC[C@H](NC(=O)[C@@H]1C[C@@H](C(C)C)CN1C(=O)[C@@H](NC(=O)[C@@H](NC(=O)c1cnccn1)C1CCCCC1)C(C)(C)C)C(=O)C(=O)NC1CC1. The van der Waals surface area contributed by atoms with E-state index in [0.717, 1.165) is 44.9 Å². The number of amides is 5. The van der Waals surface area contributed by atoms with Gasteiger partial charge in [-0.1, -0.05) is 67.2 Å². The molecule has 0 spiro atoms. The van der Waals surface area contributed by atoms with E-state index in [0.29, 0.717) is 25.8 Å². The molecule has 1 saturated heterocycles. The Morgan fingerprint density at radius 1 is 0.918 bits per heavy atom. The van der Waals surface area contributed by atoms with Gasteiger partial charge >= 0.3 is 0 Å². The van der Waals surface area contributed by atoms with E-state index in [1.807, 2.05) is 41.5 Å². The maximum absolute atomic E-state index is 14.5. The summed E-state index contributed by atoms with van der Waals surface area (Å²) < 4.78 is 0. The van der Waals surface area contributed by atoms with E-state index in [-0.39, 0.29) is 29.5 Å². The zero-order valence-electron chi connectivity index (χ0n) is 29.9. The van der Waals surface area contributed by atoms with Crippen LogP contribution in [0.3, 0.4) is 0 Å². The topological polar surface area (TPSA) is 180 Å². The molecule has 1 aromatic heterocycles. The average molecular weight is 682 g/mol. The van der Waals surface area contributed by atoms with Gasteiger partial charge in [0.15, 0.2) is 0 Å². The number of rotatable bonds is 14. The summed E-state index contributed by atoms with van der Waals surface area (Å²) in [6, 6.07) is -3.79. The fourth-order valence-corrected chi connectivity index (χ4v) is 6.85. The number of aromatic nitrogens is 2. The third-order valence-corrected chi connectivity index (χ3v) is 10.1. The number of Topliss-reactive ketones (excluding diaryl/α,β-unsaturated/α-hetero) is 1. The van der Waals surface area contributed by atoms with Gasteiger partial charge in [-0.2, -0.15) is 0 Å². The molecule has 3 fully saturated rings. The molecule has 0 aromatic carbocycles. The molecule has 0 unspecified atom stereocenters. The fourth-order valence-electron chi connectivity index (χ4n) is 6.85. The van der Waals surface area contributed by atoms with Crippen LogP contribution in [0.5, 0.6) is 0 Å². The number of likely N-dealkylation sites (tertiary alicyclic amines) is 1. The van der Waals surface area contributed by atoms with Crippen LogP contribution in [-0.2, 0) is 24.0 Å². The molecule has 0 bridgehead atoms. The molecule has 49 heavy (non-hydrogen) atoms. The summed E-state index contributed by atoms with van der Waals surface area (Å²) in [6.07, 6.45) is 11.6. The molecule has 4 rings (SSSR count). The molecule has 1 aromatic rings. The zero-order valence-corrected chi connectivity index (χ0v) is 29.9. The first-order valence-electron chi connectivity index (χ1n) is 18.0. The van der Waals surface area contributed by atoms with Crippen molar-refractivity contribution in [3.8, 4) is 0 Å². The highest BCUT2D eigenvalue weighted by Crippen LogP contribution is 2.33. The first kappa shape index (κ1) is 37.9. The predicted molar refractivity (Wildman–Crippen MR) is 183 cm³/mol. The molecule has 5 atom stereocenters. The second-order valence-electron chi connectivity index (χ2n) is 15.5. The van der Waals surface area contributed by atoms with Crippen LogP contribution in [0.1, 0.15) is 116 Å². The van der Waals surface area contributed by atoms with Crippen molar-refractivity contribution in [1.82, 2.24) is 36.1 Å². The number of carbonyl (C=O) groups is 6. The third kappa shape index (κ3) is 10.1. The maximum atomic E-state index is 14.5. The molecule has 13 nitrogen and oxygen atoms in total. The normalized spacial score (nSPS) is 21.7. The Kier molecular flexibility index (Phi) is 12.9. The molecule has 2 heterocycles. The van der Waals surface area contributed by atoms with Crippen LogP contribution in [0.15, 0.2) is 18.6 Å². The van der Waals surface area contributed by atoms with E-state index in [4.69, 9.17) is 0 Å². The van der Waals surface area contributed by atoms with E-state index in [2.05, 4.69) is 31.2 Å². The van der Waals surface area contributed by atoms with Crippen molar-refractivity contribution in [3.05, 3.63) is 24.3 Å². The Morgan fingerprint density at radius 3 is 2.18 bits per heavy atom. The van der Waals surface area contributed by atoms with Crippen molar-refractivity contribution < 1.29 is 28.8 Å². The van der Waals surface area contributed by atoms with E-state index in [1.165, 1.54) is 23.5 Å². The van der Waals surface area contributed by atoms with Crippen molar-refractivity contribution in [2.45, 2.75) is 136 Å². The quantitative estimate of drug-likeness (QED) is 0.217. The van der Waals surface area contributed by atoms with Crippen molar-refractivity contribution in [3.63, 3.8) is 0 Å². The van der Waals surface area contributed by atoms with Crippen LogP contribution < -0.4 is 21.3 Å². The van der Waals surface area contributed by atoms with Gasteiger partial charge in [0.05, 0.1) is 12.2 Å². The van der Waals surface area contributed by atoms with Crippen LogP contribution >= 0.6 is 0 Å². The highest BCUT2D eigenvalue weighted by molar-refractivity contribution is 6.38. The largest absolute Gasteiger partial charge is 0.347 e. The minimum atomic E-state index is -1.02. The molecule has 5 amide bonds. The molecule has 2 aliphatic carbocycles.